The van der Waals surface area contributed by atoms with Crippen molar-refractivity contribution in [2.45, 2.75) is 25.8 Å². The summed E-state index contributed by atoms with van der Waals surface area (Å²) in [4.78, 5) is 27.5. The zero-order valence-electron chi connectivity index (χ0n) is 13.6. The zero-order chi connectivity index (χ0) is 16.5. The number of imidazole rings is 1. The molecular formula is C18H19N5O. The number of hydrogen-bond acceptors (Lipinski definition) is 4. The molecule has 0 radical (unpaired) electrons. The van der Waals surface area contributed by atoms with E-state index in [1.54, 1.807) is 24.5 Å². The Kier molecular flexibility index (Phi) is 3.72. The van der Waals surface area contributed by atoms with Gasteiger partial charge in [0.05, 0.1) is 0 Å². The molecule has 122 valence electrons. The van der Waals surface area contributed by atoms with Crippen LogP contribution in [0, 0.1) is 6.92 Å². The van der Waals surface area contributed by atoms with Crippen molar-refractivity contribution in [2.75, 3.05) is 13.1 Å². The average molecular weight is 321 g/mol. The molecule has 0 aliphatic carbocycles. The number of fused-ring (bicyclic) bond motifs is 1. The molecular weight excluding hydrogens is 302 g/mol. The van der Waals surface area contributed by atoms with Gasteiger partial charge in [0.15, 0.2) is 5.65 Å². The molecule has 1 fully saturated rings. The van der Waals surface area contributed by atoms with Gasteiger partial charge in [0.1, 0.15) is 11.3 Å². The maximum atomic E-state index is 12.5. The summed E-state index contributed by atoms with van der Waals surface area (Å²) < 4.78 is 2.23. The molecule has 4 heterocycles. The van der Waals surface area contributed by atoms with E-state index in [0.29, 0.717) is 11.6 Å². The van der Waals surface area contributed by atoms with Crippen LogP contribution >= 0.6 is 0 Å². The molecule has 0 spiro atoms. The van der Waals surface area contributed by atoms with E-state index in [-0.39, 0.29) is 5.91 Å². The summed E-state index contributed by atoms with van der Waals surface area (Å²) in [5.41, 5.74) is 2.58. The molecule has 0 bridgehead atoms. The molecule has 6 heteroatoms. The predicted molar refractivity (Wildman–Crippen MR) is 90.7 cm³/mol. The highest BCUT2D eigenvalue weighted by Crippen LogP contribution is 2.28. The Bertz CT molecular complexity index is 866. The van der Waals surface area contributed by atoms with E-state index in [9.17, 15) is 4.79 Å². The molecule has 0 N–H and O–H groups in total. The SMILES string of the molecule is Cc1nc2cccnc2n1C1CCN(C(=O)c2ccncc2)CC1. The van der Waals surface area contributed by atoms with E-state index in [1.807, 2.05) is 30.2 Å². The number of carbonyl (C=O) groups is 1. The lowest BCUT2D eigenvalue weighted by Crippen LogP contribution is -2.39. The lowest BCUT2D eigenvalue weighted by molar-refractivity contribution is 0.0695. The Labute approximate surface area is 140 Å². The van der Waals surface area contributed by atoms with Crippen molar-refractivity contribution in [3.05, 3.63) is 54.2 Å². The Hall–Kier alpha value is -2.76. The number of pyridine rings is 2. The lowest BCUT2D eigenvalue weighted by atomic mass is 10.0. The summed E-state index contributed by atoms with van der Waals surface area (Å²) in [6.07, 6.45) is 6.96. The minimum Gasteiger partial charge on any atom is -0.338 e. The van der Waals surface area contributed by atoms with Gasteiger partial charge in [-0.15, -0.1) is 0 Å². The van der Waals surface area contributed by atoms with E-state index in [2.05, 4.69) is 19.5 Å². The van der Waals surface area contributed by atoms with E-state index in [0.717, 1.165) is 42.9 Å². The van der Waals surface area contributed by atoms with Crippen LogP contribution < -0.4 is 0 Å². The molecule has 1 aliphatic heterocycles. The summed E-state index contributed by atoms with van der Waals surface area (Å²) in [6, 6.07) is 7.78. The maximum absolute atomic E-state index is 12.5. The molecule has 1 amide bonds. The first-order valence-corrected chi connectivity index (χ1v) is 8.23. The Balaban J connectivity index is 1.52. The summed E-state index contributed by atoms with van der Waals surface area (Å²) in [6.45, 7) is 3.52. The lowest BCUT2D eigenvalue weighted by Gasteiger charge is -2.33. The molecule has 6 nitrogen and oxygen atoms in total. The van der Waals surface area contributed by atoms with Crippen LogP contribution in [0.5, 0.6) is 0 Å². The first-order chi connectivity index (χ1) is 11.7. The fraction of sp³-hybridized carbons (Fsp3) is 0.333. The number of amides is 1. The van der Waals surface area contributed by atoms with Crippen LogP contribution in [0.25, 0.3) is 11.2 Å². The van der Waals surface area contributed by atoms with Gasteiger partial charge in [0.2, 0.25) is 0 Å². The summed E-state index contributed by atoms with van der Waals surface area (Å²) >= 11 is 0. The van der Waals surface area contributed by atoms with Gasteiger partial charge < -0.3 is 9.47 Å². The van der Waals surface area contributed by atoms with Gasteiger partial charge in [0.25, 0.3) is 5.91 Å². The molecule has 0 unspecified atom stereocenters. The smallest absolute Gasteiger partial charge is 0.253 e. The minimum atomic E-state index is 0.0844. The van der Waals surface area contributed by atoms with Crippen molar-refractivity contribution in [2.24, 2.45) is 0 Å². The normalized spacial score (nSPS) is 15.8. The Morgan fingerprint density at radius 1 is 1.12 bits per heavy atom. The predicted octanol–water partition coefficient (Wildman–Crippen LogP) is 2.61. The first-order valence-electron chi connectivity index (χ1n) is 8.23. The number of hydrogen-bond donors (Lipinski definition) is 0. The molecule has 0 aromatic carbocycles. The average Bonchev–Trinajstić information content (AvgIpc) is 2.98. The van der Waals surface area contributed by atoms with E-state index >= 15 is 0 Å². The van der Waals surface area contributed by atoms with Gasteiger partial charge in [-0.05, 0) is 44.0 Å². The monoisotopic (exact) mass is 321 g/mol. The zero-order valence-corrected chi connectivity index (χ0v) is 13.6. The number of likely N-dealkylation sites (tertiary alicyclic amines) is 1. The molecule has 0 saturated carbocycles. The molecule has 3 aromatic rings. The number of aryl methyl sites for hydroxylation is 1. The Morgan fingerprint density at radius 3 is 2.62 bits per heavy atom. The van der Waals surface area contributed by atoms with Crippen LogP contribution in [-0.2, 0) is 0 Å². The van der Waals surface area contributed by atoms with Crippen LogP contribution in [0.4, 0.5) is 0 Å². The maximum Gasteiger partial charge on any atom is 0.253 e. The second kappa shape index (κ2) is 6.03. The summed E-state index contributed by atoms with van der Waals surface area (Å²) in [5, 5.41) is 0. The van der Waals surface area contributed by atoms with Crippen LogP contribution in [0.3, 0.4) is 0 Å². The molecule has 0 atom stereocenters. The van der Waals surface area contributed by atoms with Crippen LogP contribution in [0.2, 0.25) is 0 Å². The second-order valence-corrected chi connectivity index (χ2v) is 6.13. The van der Waals surface area contributed by atoms with Crippen LogP contribution in [0.15, 0.2) is 42.9 Å². The van der Waals surface area contributed by atoms with Gasteiger partial charge in [-0.25, -0.2) is 9.97 Å². The number of rotatable bonds is 2. The van der Waals surface area contributed by atoms with Crippen molar-refractivity contribution >= 4 is 17.1 Å². The topological polar surface area (TPSA) is 63.9 Å². The number of carbonyl (C=O) groups excluding carboxylic acids is 1. The molecule has 1 aliphatic rings. The number of nitrogens with zero attached hydrogens (tertiary/aromatic N) is 5. The molecule has 24 heavy (non-hydrogen) atoms. The van der Waals surface area contributed by atoms with Crippen LogP contribution in [-0.4, -0.2) is 43.4 Å². The third-order valence-electron chi connectivity index (χ3n) is 4.67. The highest BCUT2D eigenvalue weighted by Gasteiger charge is 2.26. The Morgan fingerprint density at radius 2 is 1.88 bits per heavy atom. The van der Waals surface area contributed by atoms with Crippen molar-refractivity contribution in [3.8, 4) is 0 Å². The molecule has 4 rings (SSSR count). The minimum absolute atomic E-state index is 0.0844. The highest BCUT2D eigenvalue weighted by molar-refractivity contribution is 5.94. The standard InChI is InChI=1S/C18H19N5O/c1-13-21-16-3-2-8-20-17(16)23(13)15-6-11-22(12-7-15)18(24)14-4-9-19-10-5-14/h2-5,8-10,15H,6-7,11-12H2,1H3. The summed E-state index contributed by atoms with van der Waals surface area (Å²) in [5.74, 6) is 1.07. The van der Waals surface area contributed by atoms with E-state index in [4.69, 9.17) is 0 Å². The van der Waals surface area contributed by atoms with E-state index in [1.165, 1.54) is 0 Å². The van der Waals surface area contributed by atoms with Crippen LogP contribution in [0.1, 0.15) is 35.1 Å². The van der Waals surface area contributed by atoms with Gasteiger partial charge in [-0.1, -0.05) is 0 Å². The highest BCUT2D eigenvalue weighted by atomic mass is 16.2. The second-order valence-electron chi connectivity index (χ2n) is 6.13. The van der Waals surface area contributed by atoms with Gasteiger partial charge >= 0.3 is 0 Å². The van der Waals surface area contributed by atoms with Gasteiger partial charge in [0, 0.05) is 43.3 Å². The molecule has 3 aromatic heterocycles. The third-order valence-corrected chi connectivity index (χ3v) is 4.67. The molecule has 1 saturated heterocycles. The van der Waals surface area contributed by atoms with Gasteiger partial charge in [-0.3, -0.25) is 9.78 Å². The quantitative estimate of drug-likeness (QED) is 0.728. The van der Waals surface area contributed by atoms with Gasteiger partial charge in [-0.2, -0.15) is 0 Å². The summed E-state index contributed by atoms with van der Waals surface area (Å²) in [7, 11) is 0. The number of piperidine rings is 1. The van der Waals surface area contributed by atoms with Crippen molar-refractivity contribution < 1.29 is 4.79 Å². The fourth-order valence-corrected chi connectivity index (χ4v) is 3.48. The van der Waals surface area contributed by atoms with Crippen molar-refractivity contribution in [1.82, 2.24) is 24.4 Å². The van der Waals surface area contributed by atoms with Crippen molar-refractivity contribution in [3.63, 3.8) is 0 Å². The first kappa shape index (κ1) is 14.8. The van der Waals surface area contributed by atoms with Crippen molar-refractivity contribution in [1.29, 1.82) is 0 Å². The number of aromatic nitrogens is 4. The largest absolute Gasteiger partial charge is 0.338 e. The fourth-order valence-electron chi connectivity index (χ4n) is 3.48. The van der Waals surface area contributed by atoms with E-state index < -0.39 is 0 Å². The third kappa shape index (κ3) is 2.54.